The number of aryl methyl sites for hydroxylation is 1. The second-order valence-corrected chi connectivity index (χ2v) is 7.75. The van der Waals surface area contributed by atoms with Crippen molar-refractivity contribution in [1.29, 1.82) is 0 Å². The van der Waals surface area contributed by atoms with Gasteiger partial charge in [-0.25, -0.2) is 9.07 Å². The molecule has 0 bridgehead atoms. The molecule has 0 saturated heterocycles. The Balaban J connectivity index is 1.60. The van der Waals surface area contributed by atoms with Gasteiger partial charge in [0.25, 0.3) is 5.91 Å². The predicted octanol–water partition coefficient (Wildman–Crippen LogP) is 5.17. The monoisotopic (exact) mass is 446 g/mol. The first kappa shape index (κ1) is 21.9. The summed E-state index contributed by atoms with van der Waals surface area (Å²) < 4.78 is 55.3. The zero-order chi connectivity index (χ0) is 22.9. The summed E-state index contributed by atoms with van der Waals surface area (Å²) in [5.74, 6) is -0.933. The first-order valence-corrected chi connectivity index (χ1v) is 10.3. The topological polar surface area (TPSA) is 59.0 Å². The fourth-order valence-electron chi connectivity index (χ4n) is 3.81. The van der Waals surface area contributed by atoms with Crippen LogP contribution >= 0.6 is 0 Å². The number of fused-ring (bicyclic) bond motifs is 1. The van der Waals surface area contributed by atoms with E-state index in [1.165, 1.54) is 24.3 Å². The normalized spacial score (nSPS) is 18.0. The summed E-state index contributed by atoms with van der Waals surface area (Å²) in [7, 11) is 0. The average Bonchev–Trinajstić information content (AvgIpc) is 3.21. The highest BCUT2D eigenvalue weighted by Gasteiger charge is 2.47. The minimum atomic E-state index is -4.52. The molecule has 1 aliphatic heterocycles. The molecule has 0 spiro atoms. The maximum Gasteiger partial charge on any atom is 0.410 e. The van der Waals surface area contributed by atoms with Gasteiger partial charge in [-0.1, -0.05) is 43.3 Å². The lowest BCUT2D eigenvalue weighted by molar-refractivity contribution is -0.173. The molecule has 5 nitrogen and oxygen atoms in total. The third-order valence-electron chi connectivity index (χ3n) is 5.64. The standard InChI is InChI=1S/C23H22F4N4O/c1-2-14-3-7-16(8-4-14)19-11-20(23(25,26)27)31-21(30-19)18(13-29-31)22(32)28-12-15-5-9-17(24)10-6-15/h3-10,13,19-20,30H,2,11-12H2,1H3,(H,28,32)/t19-,20+/m1/s1. The molecule has 0 aliphatic carbocycles. The van der Waals surface area contributed by atoms with Gasteiger partial charge in [-0.05, 0) is 35.2 Å². The van der Waals surface area contributed by atoms with Crippen molar-refractivity contribution in [2.45, 2.75) is 44.6 Å². The van der Waals surface area contributed by atoms with E-state index in [1.807, 2.05) is 31.2 Å². The van der Waals surface area contributed by atoms with Crippen molar-refractivity contribution in [3.8, 4) is 0 Å². The Kier molecular flexibility index (Phi) is 5.90. The highest BCUT2D eigenvalue weighted by atomic mass is 19.4. The van der Waals surface area contributed by atoms with Gasteiger partial charge in [0.05, 0.1) is 12.2 Å². The largest absolute Gasteiger partial charge is 0.410 e. The molecule has 0 fully saturated rings. The number of hydrogen-bond donors (Lipinski definition) is 2. The molecule has 9 heteroatoms. The van der Waals surface area contributed by atoms with E-state index in [0.29, 0.717) is 11.1 Å². The molecule has 32 heavy (non-hydrogen) atoms. The minimum Gasteiger partial charge on any atom is -0.363 e. The van der Waals surface area contributed by atoms with Crippen molar-refractivity contribution >= 4 is 11.7 Å². The molecule has 2 aromatic carbocycles. The predicted molar refractivity (Wildman–Crippen MR) is 112 cm³/mol. The molecule has 2 heterocycles. The van der Waals surface area contributed by atoms with Crippen molar-refractivity contribution in [2.75, 3.05) is 5.32 Å². The molecule has 2 N–H and O–H groups in total. The van der Waals surface area contributed by atoms with Crippen LogP contribution in [0.1, 0.15) is 52.5 Å². The smallest absolute Gasteiger partial charge is 0.363 e. The summed E-state index contributed by atoms with van der Waals surface area (Å²) in [6.07, 6.45) is -2.79. The van der Waals surface area contributed by atoms with Crippen LogP contribution in [0, 0.1) is 5.82 Å². The molecular weight excluding hydrogens is 424 g/mol. The summed E-state index contributed by atoms with van der Waals surface area (Å²) in [6.45, 7) is 2.11. The molecule has 1 amide bonds. The van der Waals surface area contributed by atoms with Gasteiger partial charge >= 0.3 is 6.18 Å². The van der Waals surface area contributed by atoms with Crippen LogP contribution in [0.4, 0.5) is 23.4 Å². The van der Waals surface area contributed by atoms with E-state index in [0.717, 1.165) is 22.9 Å². The van der Waals surface area contributed by atoms with Crippen LogP contribution in [0.3, 0.4) is 0 Å². The molecule has 0 saturated carbocycles. The lowest BCUT2D eigenvalue weighted by Crippen LogP contribution is -2.36. The molecule has 1 aliphatic rings. The van der Waals surface area contributed by atoms with Crippen LogP contribution in [-0.2, 0) is 13.0 Å². The molecule has 1 aromatic heterocycles. The number of aromatic nitrogens is 2. The molecule has 0 unspecified atom stereocenters. The van der Waals surface area contributed by atoms with Crippen LogP contribution in [0.25, 0.3) is 0 Å². The molecular formula is C23H22F4N4O. The number of carbonyl (C=O) groups excluding carboxylic acids is 1. The van der Waals surface area contributed by atoms with Crippen molar-refractivity contribution in [3.63, 3.8) is 0 Å². The molecule has 4 rings (SSSR count). The molecule has 3 aromatic rings. The number of nitrogens with zero attached hydrogens (tertiary/aromatic N) is 2. The first-order chi connectivity index (χ1) is 15.3. The number of amides is 1. The lowest BCUT2D eigenvalue weighted by Gasteiger charge is -2.34. The molecule has 0 radical (unpaired) electrons. The number of benzene rings is 2. The van der Waals surface area contributed by atoms with Gasteiger partial charge in [0.2, 0.25) is 0 Å². The average molecular weight is 446 g/mol. The Morgan fingerprint density at radius 3 is 2.41 bits per heavy atom. The van der Waals surface area contributed by atoms with Crippen molar-refractivity contribution in [3.05, 3.63) is 82.8 Å². The van der Waals surface area contributed by atoms with Crippen LogP contribution in [-0.4, -0.2) is 21.9 Å². The summed E-state index contributed by atoms with van der Waals surface area (Å²) in [5, 5.41) is 9.61. The maximum atomic E-state index is 13.8. The van der Waals surface area contributed by atoms with Crippen LogP contribution < -0.4 is 10.6 Å². The van der Waals surface area contributed by atoms with Gasteiger partial charge < -0.3 is 10.6 Å². The Hall–Kier alpha value is -3.36. The van der Waals surface area contributed by atoms with Gasteiger partial charge in [0, 0.05) is 13.0 Å². The second kappa shape index (κ2) is 8.64. The van der Waals surface area contributed by atoms with Crippen molar-refractivity contribution in [1.82, 2.24) is 15.1 Å². The Bertz CT molecular complexity index is 1090. The fraction of sp³-hybridized carbons (Fsp3) is 0.304. The van der Waals surface area contributed by atoms with Gasteiger partial charge in [-0.2, -0.15) is 18.3 Å². The van der Waals surface area contributed by atoms with E-state index >= 15 is 0 Å². The van der Waals surface area contributed by atoms with Crippen molar-refractivity contribution < 1.29 is 22.4 Å². The van der Waals surface area contributed by atoms with E-state index in [9.17, 15) is 22.4 Å². The number of carbonyl (C=O) groups is 1. The zero-order valence-corrected chi connectivity index (χ0v) is 17.3. The minimum absolute atomic E-state index is 0.0243. The highest BCUT2D eigenvalue weighted by molar-refractivity contribution is 5.98. The van der Waals surface area contributed by atoms with E-state index in [2.05, 4.69) is 15.7 Å². The van der Waals surface area contributed by atoms with E-state index in [4.69, 9.17) is 0 Å². The van der Waals surface area contributed by atoms with E-state index in [-0.39, 0.29) is 24.3 Å². The quantitative estimate of drug-likeness (QED) is 0.532. The fourth-order valence-corrected chi connectivity index (χ4v) is 3.81. The summed E-state index contributed by atoms with van der Waals surface area (Å²) in [5.41, 5.74) is 2.48. The van der Waals surface area contributed by atoms with Crippen molar-refractivity contribution in [2.24, 2.45) is 0 Å². The number of anilines is 1. The number of halogens is 4. The second-order valence-electron chi connectivity index (χ2n) is 7.75. The van der Waals surface area contributed by atoms with Crippen LogP contribution in [0.15, 0.2) is 54.7 Å². The first-order valence-electron chi connectivity index (χ1n) is 10.3. The molecule has 168 valence electrons. The van der Waals surface area contributed by atoms with Crippen LogP contribution in [0.5, 0.6) is 0 Å². The highest BCUT2D eigenvalue weighted by Crippen LogP contribution is 2.44. The van der Waals surface area contributed by atoms with Gasteiger partial charge in [-0.3, -0.25) is 4.79 Å². The Morgan fingerprint density at radius 1 is 1.12 bits per heavy atom. The van der Waals surface area contributed by atoms with E-state index < -0.39 is 30.0 Å². The van der Waals surface area contributed by atoms with E-state index in [1.54, 1.807) is 0 Å². The van der Waals surface area contributed by atoms with Crippen LogP contribution in [0.2, 0.25) is 0 Å². The third kappa shape index (κ3) is 4.46. The number of hydrogen-bond acceptors (Lipinski definition) is 3. The number of nitrogens with one attached hydrogen (secondary N) is 2. The van der Waals surface area contributed by atoms with Gasteiger partial charge in [-0.15, -0.1) is 0 Å². The zero-order valence-electron chi connectivity index (χ0n) is 17.3. The summed E-state index contributed by atoms with van der Waals surface area (Å²) >= 11 is 0. The number of rotatable bonds is 5. The SMILES string of the molecule is CCc1ccc([C@H]2C[C@@H](C(F)(F)F)n3ncc(C(=O)NCc4ccc(F)cc4)c3N2)cc1. The lowest BCUT2D eigenvalue weighted by atomic mass is 9.95. The van der Waals surface area contributed by atoms with Gasteiger partial charge in [0.15, 0.2) is 6.04 Å². The Morgan fingerprint density at radius 2 is 1.78 bits per heavy atom. The number of alkyl halides is 3. The third-order valence-corrected chi connectivity index (χ3v) is 5.64. The Labute approximate surface area is 182 Å². The summed E-state index contributed by atoms with van der Waals surface area (Å²) in [4.78, 5) is 12.7. The molecule has 2 atom stereocenters. The summed E-state index contributed by atoms with van der Waals surface area (Å²) in [6, 6.07) is 10.5. The van der Waals surface area contributed by atoms with Gasteiger partial charge in [0.1, 0.15) is 17.2 Å². The maximum absolute atomic E-state index is 13.8.